The molecule has 0 fully saturated rings. The van der Waals surface area contributed by atoms with Crippen molar-refractivity contribution >= 4 is 24.0 Å². The van der Waals surface area contributed by atoms with E-state index in [1.165, 1.54) is 25.1 Å². The van der Waals surface area contributed by atoms with Crippen LogP contribution >= 0.6 is 12.4 Å². The van der Waals surface area contributed by atoms with Crippen LogP contribution in [-0.2, 0) is 17.8 Å². The van der Waals surface area contributed by atoms with Crippen molar-refractivity contribution in [3.05, 3.63) is 59.2 Å². The Balaban J connectivity index is 0.00000225. The van der Waals surface area contributed by atoms with Crippen LogP contribution in [0.15, 0.2) is 36.4 Å². The zero-order valence-electron chi connectivity index (χ0n) is 13.6. The number of amides is 1. The van der Waals surface area contributed by atoms with E-state index in [1.807, 2.05) is 0 Å². The molecule has 3 rings (SSSR count). The number of fused-ring (bicyclic) bond motifs is 1. The monoisotopic (exact) mass is 368 g/mol. The van der Waals surface area contributed by atoms with E-state index >= 15 is 0 Å². The van der Waals surface area contributed by atoms with Crippen LogP contribution in [-0.4, -0.2) is 18.6 Å². The topological polar surface area (TPSA) is 50.4 Å². The second kappa shape index (κ2) is 8.27. The molecular formula is C18H19ClF2N2O2. The highest BCUT2D eigenvalue weighted by Gasteiger charge is 2.20. The molecule has 0 saturated carbocycles. The number of ether oxygens (including phenoxy) is 1. The molecule has 1 aliphatic rings. The van der Waals surface area contributed by atoms with E-state index < -0.39 is 23.6 Å². The third-order valence-corrected chi connectivity index (χ3v) is 3.94. The highest BCUT2D eigenvalue weighted by molar-refractivity contribution is 5.94. The van der Waals surface area contributed by atoms with Crippen LogP contribution in [0.25, 0.3) is 0 Å². The summed E-state index contributed by atoms with van der Waals surface area (Å²) in [6, 6.07) is 8.88. The molecule has 134 valence electrons. The van der Waals surface area contributed by atoms with Gasteiger partial charge in [-0.1, -0.05) is 12.1 Å². The van der Waals surface area contributed by atoms with Crippen LogP contribution in [0.4, 0.5) is 14.5 Å². The smallest absolute Gasteiger partial charge is 0.265 e. The Kier molecular flexibility index (Phi) is 6.33. The molecule has 0 spiro atoms. The number of carbonyl (C=O) groups excluding carboxylic acids is 1. The summed E-state index contributed by atoms with van der Waals surface area (Å²) in [7, 11) is 0. The van der Waals surface area contributed by atoms with Crippen LogP contribution < -0.4 is 15.4 Å². The number of carbonyl (C=O) groups is 1. The molecule has 25 heavy (non-hydrogen) atoms. The molecule has 4 nitrogen and oxygen atoms in total. The van der Waals surface area contributed by atoms with Gasteiger partial charge in [0, 0.05) is 12.6 Å². The van der Waals surface area contributed by atoms with Gasteiger partial charge >= 0.3 is 0 Å². The number of hydrogen-bond acceptors (Lipinski definition) is 3. The molecule has 2 aromatic rings. The van der Waals surface area contributed by atoms with Crippen molar-refractivity contribution in [2.45, 2.75) is 26.0 Å². The van der Waals surface area contributed by atoms with Gasteiger partial charge in [0.15, 0.2) is 6.10 Å². The lowest BCUT2D eigenvalue weighted by Gasteiger charge is -2.20. The van der Waals surface area contributed by atoms with Gasteiger partial charge in [-0.05, 0) is 49.2 Å². The number of halogens is 3. The maximum absolute atomic E-state index is 14.5. The van der Waals surface area contributed by atoms with Gasteiger partial charge in [-0.25, -0.2) is 8.78 Å². The van der Waals surface area contributed by atoms with Crippen molar-refractivity contribution < 1.29 is 18.3 Å². The first-order valence-corrected chi connectivity index (χ1v) is 7.78. The average Bonchev–Trinajstić information content (AvgIpc) is 2.57. The van der Waals surface area contributed by atoms with E-state index in [0.29, 0.717) is 25.1 Å². The van der Waals surface area contributed by atoms with E-state index in [0.717, 1.165) is 5.56 Å². The summed E-state index contributed by atoms with van der Waals surface area (Å²) >= 11 is 0. The van der Waals surface area contributed by atoms with E-state index in [2.05, 4.69) is 10.6 Å². The second-order valence-electron chi connectivity index (χ2n) is 5.70. The minimum absolute atomic E-state index is 0. The SMILES string of the molecule is CC(Oc1cccc(F)c1)C(=O)Nc1ccc2c(c1F)CCNC2.Cl. The maximum Gasteiger partial charge on any atom is 0.265 e. The molecule has 1 heterocycles. The quantitative estimate of drug-likeness (QED) is 0.869. The fourth-order valence-corrected chi connectivity index (χ4v) is 2.66. The zero-order valence-corrected chi connectivity index (χ0v) is 14.5. The van der Waals surface area contributed by atoms with E-state index in [9.17, 15) is 13.6 Å². The molecular weight excluding hydrogens is 350 g/mol. The number of hydrogen-bond donors (Lipinski definition) is 2. The first-order chi connectivity index (χ1) is 11.5. The molecule has 1 aliphatic heterocycles. The standard InChI is InChI=1S/C18H18F2N2O2.ClH/c1-11(24-14-4-2-3-13(19)9-14)18(23)22-16-6-5-12-10-21-8-7-15(12)17(16)20;/h2-6,9,11,21H,7-8,10H2,1H3,(H,22,23);1H. The van der Waals surface area contributed by atoms with Gasteiger partial charge in [0.25, 0.3) is 5.91 Å². The molecule has 0 saturated heterocycles. The molecule has 1 atom stereocenters. The van der Waals surface area contributed by atoms with Gasteiger partial charge in [-0.2, -0.15) is 0 Å². The van der Waals surface area contributed by atoms with Crippen LogP contribution in [0.2, 0.25) is 0 Å². The molecule has 7 heteroatoms. The highest BCUT2D eigenvalue weighted by atomic mass is 35.5. The van der Waals surface area contributed by atoms with Crippen molar-refractivity contribution in [1.29, 1.82) is 0 Å². The molecule has 1 unspecified atom stereocenters. The fraction of sp³-hybridized carbons (Fsp3) is 0.278. The summed E-state index contributed by atoms with van der Waals surface area (Å²) in [5, 5.41) is 5.72. The lowest BCUT2D eigenvalue weighted by atomic mass is 9.99. The fourth-order valence-electron chi connectivity index (χ4n) is 2.66. The van der Waals surface area contributed by atoms with Gasteiger partial charge in [0.2, 0.25) is 0 Å². The molecule has 1 amide bonds. The lowest BCUT2D eigenvalue weighted by molar-refractivity contribution is -0.122. The van der Waals surface area contributed by atoms with E-state index in [-0.39, 0.29) is 23.8 Å². The Morgan fingerprint density at radius 3 is 2.84 bits per heavy atom. The van der Waals surface area contributed by atoms with Gasteiger partial charge in [0.05, 0.1) is 5.69 Å². The minimum atomic E-state index is -0.885. The summed E-state index contributed by atoms with van der Waals surface area (Å²) in [6.45, 7) is 2.86. The number of benzene rings is 2. The summed E-state index contributed by atoms with van der Waals surface area (Å²) in [5.74, 6) is -1.10. The summed E-state index contributed by atoms with van der Waals surface area (Å²) in [5.41, 5.74) is 1.67. The van der Waals surface area contributed by atoms with Crippen molar-refractivity contribution in [2.75, 3.05) is 11.9 Å². The molecule has 0 aliphatic carbocycles. The Morgan fingerprint density at radius 2 is 2.08 bits per heavy atom. The van der Waals surface area contributed by atoms with Crippen LogP contribution in [0.5, 0.6) is 5.75 Å². The van der Waals surface area contributed by atoms with Gasteiger partial charge in [-0.3, -0.25) is 4.79 Å². The van der Waals surface area contributed by atoms with Crippen molar-refractivity contribution in [3.8, 4) is 5.75 Å². The largest absolute Gasteiger partial charge is 0.481 e. The number of nitrogens with one attached hydrogen (secondary N) is 2. The number of rotatable bonds is 4. The number of anilines is 1. The average molecular weight is 369 g/mol. The normalized spacial score (nSPS) is 14.0. The van der Waals surface area contributed by atoms with Crippen molar-refractivity contribution in [3.63, 3.8) is 0 Å². The highest BCUT2D eigenvalue weighted by Crippen LogP contribution is 2.25. The first-order valence-electron chi connectivity index (χ1n) is 7.78. The van der Waals surface area contributed by atoms with Crippen LogP contribution in [0.3, 0.4) is 0 Å². The maximum atomic E-state index is 14.5. The van der Waals surface area contributed by atoms with Gasteiger partial charge in [-0.15, -0.1) is 12.4 Å². The first kappa shape index (κ1) is 19.1. The summed E-state index contributed by atoms with van der Waals surface area (Å²) < 4.78 is 33.1. The molecule has 2 aromatic carbocycles. The summed E-state index contributed by atoms with van der Waals surface area (Å²) in [4.78, 5) is 12.2. The Labute approximate surface area is 151 Å². The lowest BCUT2D eigenvalue weighted by Crippen LogP contribution is -2.31. The molecule has 0 bridgehead atoms. The van der Waals surface area contributed by atoms with Crippen LogP contribution in [0, 0.1) is 11.6 Å². The van der Waals surface area contributed by atoms with E-state index in [1.54, 1.807) is 18.2 Å². The Hall–Kier alpha value is -2.18. The molecule has 0 aromatic heterocycles. The van der Waals surface area contributed by atoms with Crippen LogP contribution in [0.1, 0.15) is 18.1 Å². The molecule has 0 radical (unpaired) electrons. The predicted molar refractivity (Wildman–Crippen MR) is 94.2 cm³/mol. The van der Waals surface area contributed by atoms with E-state index in [4.69, 9.17) is 4.74 Å². The Bertz CT molecular complexity index is 771. The third kappa shape index (κ3) is 4.46. The van der Waals surface area contributed by atoms with Gasteiger partial charge < -0.3 is 15.4 Å². The predicted octanol–water partition coefficient (Wildman–Crippen LogP) is 3.44. The summed E-state index contributed by atoms with van der Waals surface area (Å²) in [6.07, 6.45) is -0.302. The Morgan fingerprint density at radius 1 is 1.28 bits per heavy atom. The molecule has 2 N–H and O–H groups in total. The van der Waals surface area contributed by atoms with Crippen molar-refractivity contribution in [2.24, 2.45) is 0 Å². The minimum Gasteiger partial charge on any atom is -0.481 e. The zero-order chi connectivity index (χ0) is 17.1. The van der Waals surface area contributed by atoms with Crippen molar-refractivity contribution in [1.82, 2.24) is 5.32 Å². The van der Waals surface area contributed by atoms with Gasteiger partial charge in [0.1, 0.15) is 17.4 Å². The second-order valence-corrected chi connectivity index (χ2v) is 5.70. The third-order valence-electron chi connectivity index (χ3n) is 3.94.